The maximum Gasteiger partial charge on any atom is 0.254 e. The molecule has 0 spiro atoms. The van der Waals surface area contributed by atoms with Gasteiger partial charge in [-0.05, 0) is 29.8 Å². The second-order valence-electron chi connectivity index (χ2n) is 7.53. The first kappa shape index (κ1) is 19.5. The average Bonchev–Trinajstić information content (AvgIpc) is 2.74. The maximum atomic E-state index is 13.2. The summed E-state index contributed by atoms with van der Waals surface area (Å²) in [6.45, 7) is 2.76. The Morgan fingerprint density at radius 3 is 2.72 bits per heavy atom. The smallest absolute Gasteiger partial charge is 0.254 e. The van der Waals surface area contributed by atoms with Crippen molar-refractivity contribution in [2.24, 2.45) is 0 Å². The topological polar surface area (TPSA) is 45.7 Å². The van der Waals surface area contributed by atoms with Crippen LogP contribution in [0, 0.1) is 5.82 Å². The van der Waals surface area contributed by atoms with Crippen LogP contribution in [0.5, 0.6) is 0 Å². The molecule has 1 aromatic heterocycles. The zero-order valence-electron chi connectivity index (χ0n) is 16.6. The molecule has 0 radical (unpaired) electrons. The lowest BCUT2D eigenvalue weighted by molar-refractivity contribution is -0.0348. The maximum absolute atomic E-state index is 13.2. The first-order chi connectivity index (χ1) is 14.0. The molecule has 3 aromatic rings. The van der Waals surface area contributed by atoms with Crippen LogP contribution in [0.15, 0.2) is 54.6 Å². The Hall–Kier alpha value is -2.83. The normalized spacial score (nSPS) is 17.4. The lowest BCUT2D eigenvalue weighted by Crippen LogP contribution is -2.38. The van der Waals surface area contributed by atoms with E-state index in [4.69, 9.17) is 9.72 Å². The number of benzene rings is 2. The van der Waals surface area contributed by atoms with Crippen molar-refractivity contribution in [2.45, 2.75) is 12.6 Å². The highest BCUT2D eigenvalue weighted by atomic mass is 19.1. The molecule has 0 unspecified atom stereocenters. The van der Waals surface area contributed by atoms with Crippen LogP contribution in [-0.2, 0) is 11.3 Å². The standard InChI is InChI=1S/C23H24FN3O2/c1-26(2)23(28)19-13-21(25-20-6-4-3-5-18(19)20)22-15-27(11-12-29-22)14-16-7-9-17(24)10-8-16/h3-10,13,22H,11-12,14-15H2,1-2H3/t22-/m1/s1. The van der Waals surface area contributed by atoms with Crippen LogP contribution in [0.25, 0.3) is 10.9 Å². The van der Waals surface area contributed by atoms with E-state index < -0.39 is 0 Å². The lowest BCUT2D eigenvalue weighted by atomic mass is 10.0. The Kier molecular flexibility index (Phi) is 5.56. The van der Waals surface area contributed by atoms with Gasteiger partial charge in [0.2, 0.25) is 0 Å². The molecule has 0 N–H and O–H groups in total. The molecule has 1 fully saturated rings. The van der Waals surface area contributed by atoms with Gasteiger partial charge in [-0.25, -0.2) is 9.37 Å². The van der Waals surface area contributed by atoms with Gasteiger partial charge < -0.3 is 9.64 Å². The molecular weight excluding hydrogens is 369 g/mol. The van der Waals surface area contributed by atoms with E-state index in [1.54, 1.807) is 19.0 Å². The van der Waals surface area contributed by atoms with Crippen molar-refractivity contribution < 1.29 is 13.9 Å². The summed E-state index contributed by atoms with van der Waals surface area (Å²) in [4.78, 5) is 21.4. The Balaban J connectivity index is 1.61. The largest absolute Gasteiger partial charge is 0.369 e. The molecular formula is C23H24FN3O2. The molecule has 0 bridgehead atoms. The fraction of sp³-hybridized carbons (Fsp3) is 0.304. The number of hydrogen-bond acceptors (Lipinski definition) is 4. The molecule has 1 amide bonds. The van der Waals surface area contributed by atoms with Crippen molar-refractivity contribution in [3.05, 3.63) is 77.2 Å². The molecule has 1 saturated heterocycles. The molecule has 29 heavy (non-hydrogen) atoms. The summed E-state index contributed by atoms with van der Waals surface area (Å²) >= 11 is 0. The zero-order valence-corrected chi connectivity index (χ0v) is 16.6. The summed E-state index contributed by atoms with van der Waals surface area (Å²) in [5.74, 6) is -0.282. The Morgan fingerprint density at radius 2 is 1.97 bits per heavy atom. The highest BCUT2D eigenvalue weighted by Gasteiger charge is 2.25. The third-order valence-electron chi connectivity index (χ3n) is 5.17. The van der Waals surface area contributed by atoms with E-state index in [1.807, 2.05) is 42.5 Å². The molecule has 4 rings (SSSR count). The van der Waals surface area contributed by atoms with E-state index in [-0.39, 0.29) is 17.8 Å². The number of hydrogen-bond donors (Lipinski definition) is 0. The summed E-state index contributed by atoms with van der Waals surface area (Å²) in [6, 6.07) is 16.1. The van der Waals surface area contributed by atoms with Gasteiger partial charge in [-0.15, -0.1) is 0 Å². The van der Waals surface area contributed by atoms with Crippen LogP contribution in [0.3, 0.4) is 0 Å². The molecule has 1 aliphatic heterocycles. The van der Waals surface area contributed by atoms with E-state index in [0.29, 0.717) is 18.7 Å². The number of rotatable bonds is 4. The molecule has 2 heterocycles. The zero-order chi connectivity index (χ0) is 20.4. The fourth-order valence-corrected chi connectivity index (χ4v) is 3.65. The van der Waals surface area contributed by atoms with Gasteiger partial charge in [0.25, 0.3) is 5.91 Å². The second-order valence-corrected chi connectivity index (χ2v) is 7.53. The quantitative estimate of drug-likeness (QED) is 0.679. The van der Waals surface area contributed by atoms with E-state index in [0.717, 1.165) is 35.2 Å². The average molecular weight is 393 g/mol. The Morgan fingerprint density at radius 1 is 1.21 bits per heavy atom. The minimum Gasteiger partial charge on any atom is -0.369 e. The van der Waals surface area contributed by atoms with Gasteiger partial charge in [-0.1, -0.05) is 30.3 Å². The fourth-order valence-electron chi connectivity index (χ4n) is 3.65. The van der Waals surface area contributed by atoms with Crippen molar-refractivity contribution in [3.8, 4) is 0 Å². The molecule has 1 aliphatic rings. The monoisotopic (exact) mass is 393 g/mol. The Bertz CT molecular complexity index is 1020. The molecule has 1 atom stereocenters. The van der Waals surface area contributed by atoms with Gasteiger partial charge in [0.05, 0.1) is 23.4 Å². The number of fused-ring (bicyclic) bond motifs is 1. The minimum atomic E-state index is -0.230. The summed E-state index contributed by atoms with van der Waals surface area (Å²) in [5, 5.41) is 0.842. The van der Waals surface area contributed by atoms with Gasteiger partial charge in [0.15, 0.2) is 0 Å². The van der Waals surface area contributed by atoms with Gasteiger partial charge in [0, 0.05) is 39.1 Å². The molecule has 150 valence electrons. The summed E-state index contributed by atoms with van der Waals surface area (Å²) in [5.41, 5.74) is 3.24. The van der Waals surface area contributed by atoms with Crippen LogP contribution in [0.4, 0.5) is 4.39 Å². The number of morpholine rings is 1. The first-order valence-electron chi connectivity index (χ1n) is 9.71. The predicted molar refractivity (Wildman–Crippen MR) is 110 cm³/mol. The summed E-state index contributed by atoms with van der Waals surface area (Å²) in [7, 11) is 3.50. The molecule has 2 aromatic carbocycles. The molecule has 0 saturated carbocycles. The van der Waals surface area contributed by atoms with Crippen LogP contribution >= 0.6 is 0 Å². The van der Waals surface area contributed by atoms with E-state index in [1.165, 1.54) is 12.1 Å². The van der Waals surface area contributed by atoms with E-state index in [9.17, 15) is 9.18 Å². The minimum absolute atomic E-state index is 0.0520. The lowest BCUT2D eigenvalue weighted by Gasteiger charge is -2.33. The number of amides is 1. The first-order valence-corrected chi connectivity index (χ1v) is 9.71. The van der Waals surface area contributed by atoms with Gasteiger partial charge in [-0.2, -0.15) is 0 Å². The van der Waals surface area contributed by atoms with E-state index >= 15 is 0 Å². The SMILES string of the molecule is CN(C)C(=O)c1cc([C@H]2CN(Cc3ccc(F)cc3)CCO2)nc2ccccc12. The number of carbonyl (C=O) groups is 1. The van der Waals surface area contributed by atoms with Crippen molar-refractivity contribution in [1.29, 1.82) is 0 Å². The highest BCUT2D eigenvalue weighted by molar-refractivity contribution is 6.06. The number of carbonyl (C=O) groups excluding carboxylic acids is 1. The van der Waals surface area contributed by atoms with Crippen molar-refractivity contribution >= 4 is 16.8 Å². The third-order valence-corrected chi connectivity index (χ3v) is 5.17. The van der Waals surface area contributed by atoms with Crippen LogP contribution in [0.2, 0.25) is 0 Å². The van der Waals surface area contributed by atoms with Crippen LogP contribution in [0.1, 0.15) is 27.7 Å². The number of aromatic nitrogens is 1. The molecule has 5 nitrogen and oxygen atoms in total. The third kappa shape index (κ3) is 4.28. The molecule has 0 aliphatic carbocycles. The van der Waals surface area contributed by atoms with Gasteiger partial charge >= 0.3 is 0 Å². The van der Waals surface area contributed by atoms with Gasteiger partial charge in [-0.3, -0.25) is 9.69 Å². The molecule has 6 heteroatoms. The number of ether oxygens (including phenoxy) is 1. The number of halogens is 1. The predicted octanol–water partition coefficient (Wildman–Crippen LogP) is 3.65. The number of nitrogens with zero attached hydrogens (tertiary/aromatic N) is 3. The summed E-state index contributed by atoms with van der Waals surface area (Å²) in [6.07, 6.45) is -0.220. The van der Waals surface area contributed by atoms with Crippen LogP contribution < -0.4 is 0 Å². The highest BCUT2D eigenvalue weighted by Crippen LogP contribution is 2.27. The number of para-hydroxylation sites is 1. The van der Waals surface area contributed by atoms with Gasteiger partial charge in [0.1, 0.15) is 11.9 Å². The number of pyridine rings is 1. The van der Waals surface area contributed by atoms with Crippen molar-refractivity contribution in [2.75, 3.05) is 33.8 Å². The summed E-state index contributed by atoms with van der Waals surface area (Å²) < 4.78 is 19.2. The van der Waals surface area contributed by atoms with Crippen molar-refractivity contribution in [3.63, 3.8) is 0 Å². The second kappa shape index (κ2) is 8.27. The van der Waals surface area contributed by atoms with Crippen molar-refractivity contribution in [1.82, 2.24) is 14.8 Å². The van der Waals surface area contributed by atoms with Crippen LogP contribution in [-0.4, -0.2) is 54.5 Å². The Labute approximate surface area is 169 Å². The van der Waals surface area contributed by atoms with E-state index in [2.05, 4.69) is 4.90 Å².